The van der Waals surface area contributed by atoms with Gasteiger partial charge in [-0.2, -0.15) is 0 Å². The fourth-order valence-electron chi connectivity index (χ4n) is 3.09. The zero-order valence-electron chi connectivity index (χ0n) is 16.8. The van der Waals surface area contributed by atoms with Gasteiger partial charge in [-0.1, -0.05) is 23.7 Å². The Balaban J connectivity index is 1.93. The molecule has 1 N–H and O–H groups in total. The van der Waals surface area contributed by atoms with Gasteiger partial charge in [-0.15, -0.1) is 0 Å². The molecule has 2 aromatic rings. The van der Waals surface area contributed by atoms with Gasteiger partial charge in [0.05, 0.1) is 24.5 Å². The van der Waals surface area contributed by atoms with E-state index in [0.29, 0.717) is 41.7 Å². The van der Waals surface area contributed by atoms with Gasteiger partial charge in [0.25, 0.3) is 11.8 Å². The third kappa shape index (κ3) is 4.16. The lowest BCUT2D eigenvalue weighted by Gasteiger charge is -2.18. The molecule has 30 heavy (non-hydrogen) atoms. The predicted molar refractivity (Wildman–Crippen MR) is 115 cm³/mol. The average Bonchev–Trinajstić information content (AvgIpc) is 2.93. The topological polar surface area (TPSA) is 84.9 Å². The number of benzene rings is 2. The molecule has 156 valence electrons. The number of carbonyl (C=O) groups excluding carboxylic acids is 3. The van der Waals surface area contributed by atoms with Crippen LogP contribution in [-0.2, 0) is 14.4 Å². The summed E-state index contributed by atoms with van der Waals surface area (Å²) >= 11 is 6.25. The maximum Gasteiger partial charge on any atom is 0.277 e. The largest absolute Gasteiger partial charge is 0.490 e. The molecule has 8 heteroatoms. The minimum Gasteiger partial charge on any atom is -0.490 e. The van der Waals surface area contributed by atoms with Crippen LogP contribution in [0.25, 0.3) is 5.57 Å². The molecule has 0 bridgehead atoms. The number of amides is 3. The number of hydrogen-bond acceptors (Lipinski definition) is 5. The van der Waals surface area contributed by atoms with Crippen LogP contribution in [0, 0.1) is 0 Å². The molecular weight excluding hydrogens is 408 g/mol. The molecule has 0 atom stereocenters. The van der Waals surface area contributed by atoms with E-state index in [2.05, 4.69) is 5.32 Å². The van der Waals surface area contributed by atoms with Crippen LogP contribution in [-0.4, -0.2) is 30.9 Å². The van der Waals surface area contributed by atoms with Crippen molar-refractivity contribution in [1.29, 1.82) is 0 Å². The lowest BCUT2D eigenvalue weighted by molar-refractivity contribution is -0.120. The number of ether oxygens (including phenoxy) is 2. The molecule has 0 radical (unpaired) electrons. The number of nitrogens with one attached hydrogen (secondary N) is 1. The summed E-state index contributed by atoms with van der Waals surface area (Å²) in [5, 5.41) is 2.48. The van der Waals surface area contributed by atoms with Crippen molar-refractivity contribution in [3.8, 4) is 11.5 Å². The Hall–Kier alpha value is -3.32. The number of nitrogens with zero attached hydrogens (tertiary/aromatic N) is 1. The van der Waals surface area contributed by atoms with E-state index in [9.17, 15) is 14.4 Å². The van der Waals surface area contributed by atoms with E-state index in [1.54, 1.807) is 42.5 Å². The van der Waals surface area contributed by atoms with Crippen LogP contribution >= 0.6 is 11.6 Å². The fraction of sp³-hybridized carbons (Fsp3) is 0.227. The van der Waals surface area contributed by atoms with Crippen molar-refractivity contribution in [3.63, 3.8) is 0 Å². The van der Waals surface area contributed by atoms with Gasteiger partial charge in [-0.05, 0) is 43.7 Å². The number of halogens is 1. The highest BCUT2D eigenvalue weighted by Gasteiger charge is 2.39. The summed E-state index contributed by atoms with van der Waals surface area (Å²) in [5.41, 5.74) is 1.48. The van der Waals surface area contributed by atoms with Crippen LogP contribution in [0.1, 0.15) is 26.3 Å². The molecule has 3 rings (SSSR count). The Morgan fingerprint density at radius 2 is 1.60 bits per heavy atom. The minimum atomic E-state index is -0.616. The van der Waals surface area contributed by atoms with Crippen molar-refractivity contribution in [2.75, 3.05) is 23.4 Å². The maximum absolute atomic E-state index is 13.1. The second kappa shape index (κ2) is 9.00. The zero-order chi connectivity index (χ0) is 21.8. The SMILES string of the molecule is CCOc1ccc(N2C(=O)C(Cl)=C(c3ccc(NC(C)=O)cc3)C2=O)cc1OCC. The number of rotatable bonds is 7. The van der Waals surface area contributed by atoms with E-state index in [-0.39, 0.29) is 16.5 Å². The monoisotopic (exact) mass is 428 g/mol. The van der Waals surface area contributed by atoms with E-state index in [1.165, 1.54) is 6.92 Å². The molecule has 0 saturated heterocycles. The molecule has 0 aromatic heterocycles. The quantitative estimate of drug-likeness (QED) is 0.674. The lowest BCUT2D eigenvalue weighted by atomic mass is 10.1. The van der Waals surface area contributed by atoms with Crippen LogP contribution in [0.3, 0.4) is 0 Å². The molecule has 1 aliphatic rings. The summed E-state index contributed by atoms with van der Waals surface area (Å²) < 4.78 is 11.1. The van der Waals surface area contributed by atoms with Crippen molar-refractivity contribution >= 4 is 46.3 Å². The van der Waals surface area contributed by atoms with Gasteiger partial charge in [-0.25, -0.2) is 4.90 Å². The number of anilines is 2. The molecule has 0 unspecified atom stereocenters. The highest BCUT2D eigenvalue weighted by Crippen LogP contribution is 2.38. The van der Waals surface area contributed by atoms with Crippen molar-refractivity contribution in [2.45, 2.75) is 20.8 Å². The van der Waals surface area contributed by atoms with E-state index in [1.807, 2.05) is 13.8 Å². The van der Waals surface area contributed by atoms with E-state index in [0.717, 1.165) is 4.90 Å². The molecule has 1 heterocycles. The third-order valence-electron chi connectivity index (χ3n) is 4.31. The molecule has 2 aromatic carbocycles. The maximum atomic E-state index is 13.1. The van der Waals surface area contributed by atoms with Gasteiger partial charge in [0.15, 0.2) is 11.5 Å². The minimum absolute atomic E-state index is 0.0999. The van der Waals surface area contributed by atoms with Gasteiger partial charge < -0.3 is 14.8 Å². The van der Waals surface area contributed by atoms with Crippen LogP contribution in [0.15, 0.2) is 47.5 Å². The van der Waals surface area contributed by atoms with Gasteiger partial charge in [-0.3, -0.25) is 14.4 Å². The smallest absolute Gasteiger partial charge is 0.277 e. The third-order valence-corrected chi connectivity index (χ3v) is 4.66. The summed E-state index contributed by atoms with van der Waals surface area (Å²) in [6.07, 6.45) is 0. The summed E-state index contributed by atoms with van der Waals surface area (Å²) in [4.78, 5) is 38.1. The van der Waals surface area contributed by atoms with Gasteiger partial charge in [0.1, 0.15) is 5.03 Å². The summed E-state index contributed by atoms with van der Waals surface area (Å²) in [6, 6.07) is 11.4. The Kier molecular flexibility index (Phi) is 6.42. The molecule has 3 amide bonds. The van der Waals surface area contributed by atoms with Gasteiger partial charge in [0, 0.05) is 18.7 Å². The highest BCUT2D eigenvalue weighted by molar-refractivity contribution is 6.60. The Labute approximate surface area is 179 Å². The van der Waals surface area contributed by atoms with Crippen LogP contribution in [0.5, 0.6) is 11.5 Å². The summed E-state index contributed by atoms with van der Waals surface area (Å²) in [5.74, 6) is -0.409. The standard InChI is InChI=1S/C22H21ClN2O5/c1-4-29-17-11-10-16(12-18(17)30-5-2)25-21(27)19(20(23)22(25)28)14-6-8-15(9-7-14)24-13(3)26/h6-12H,4-5H2,1-3H3,(H,24,26). The number of hydrogen-bond donors (Lipinski definition) is 1. The first-order chi connectivity index (χ1) is 14.4. The molecule has 0 saturated carbocycles. The normalized spacial score (nSPS) is 13.7. The molecular formula is C22H21ClN2O5. The number of imide groups is 1. The Morgan fingerprint density at radius 3 is 2.20 bits per heavy atom. The zero-order valence-corrected chi connectivity index (χ0v) is 17.6. The highest BCUT2D eigenvalue weighted by atomic mass is 35.5. The molecule has 0 aliphatic carbocycles. The Morgan fingerprint density at radius 1 is 0.967 bits per heavy atom. The van der Waals surface area contributed by atoms with Gasteiger partial charge in [0.2, 0.25) is 5.91 Å². The molecule has 7 nitrogen and oxygen atoms in total. The first-order valence-corrected chi connectivity index (χ1v) is 9.81. The van der Waals surface area contributed by atoms with Crippen molar-refractivity contribution in [3.05, 3.63) is 53.1 Å². The second-order valence-corrected chi connectivity index (χ2v) is 6.77. The molecule has 0 spiro atoms. The molecule has 0 fully saturated rings. The first-order valence-electron chi connectivity index (χ1n) is 9.43. The first kappa shape index (κ1) is 21.4. The van der Waals surface area contributed by atoms with Crippen LogP contribution < -0.4 is 19.7 Å². The van der Waals surface area contributed by atoms with Crippen molar-refractivity contribution in [1.82, 2.24) is 0 Å². The van der Waals surface area contributed by atoms with Crippen LogP contribution in [0.4, 0.5) is 11.4 Å². The van der Waals surface area contributed by atoms with Crippen molar-refractivity contribution in [2.24, 2.45) is 0 Å². The lowest BCUT2D eigenvalue weighted by Crippen LogP contribution is -2.31. The summed E-state index contributed by atoms with van der Waals surface area (Å²) in [7, 11) is 0. The van der Waals surface area contributed by atoms with E-state index in [4.69, 9.17) is 21.1 Å². The van der Waals surface area contributed by atoms with E-state index >= 15 is 0 Å². The number of carbonyl (C=O) groups is 3. The fourth-order valence-corrected chi connectivity index (χ4v) is 3.36. The van der Waals surface area contributed by atoms with Crippen LogP contribution in [0.2, 0.25) is 0 Å². The molecule has 1 aliphatic heterocycles. The summed E-state index contributed by atoms with van der Waals surface area (Å²) in [6.45, 7) is 5.93. The predicted octanol–water partition coefficient (Wildman–Crippen LogP) is 3.97. The van der Waals surface area contributed by atoms with Gasteiger partial charge >= 0.3 is 0 Å². The average molecular weight is 429 g/mol. The second-order valence-electron chi connectivity index (χ2n) is 6.39. The van der Waals surface area contributed by atoms with E-state index < -0.39 is 11.8 Å². The Bertz CT molecular complexity index is 1030. The van der Waals surface area contributed by atoms with Crippen molar-refractivity contribution < 1.29 is 23.9 Å².